The Kier molecular flexibility index (Phi) is 3.22. The molecule has 3 N–H and O–H groups in total. The second-order valence-corrected chi connectivity index (χ2v) is 3.81. The van der Waals surface area contributed by atoms with Gasteiger partial charge >= 0.3 is 0 Å². The molecule has 1 heterocycles. The molecule has 82 valence electrons. The van der Waals surface area contributed by atoms with Gasteiger partial charge in [-0.3, -0.25) is 0 Å². The molecule has 0 unspecified atom stereocenters. The van der Waals surface area contributed by atoms with E-state index in [-0.39, 0.29) is 0 Å². The van der Waals surface area contributed by atoms with Gasteiger partial charge in [0.2, 0.25) is 0 Å². The van der Waals surface area contributed by atoms with Crippen LogP contribution in [0.5, 0.6) is 0 Å². The van der Waals surface area contributed by atoms with Crippen molar-refractivity contribution in [3.8, 4) is 0 Å². The van der Waals surface area contributed by atoms with Crippen molar-refractivity contribution in [3.05, 3.63) is 54.0 Å². The number of furan rings is 1. The Hall–Kier alpha value is -1.81. The van der Waals surface area contributed by atoms with E-state index in [1.54, 1.807) is 6.26 Å². The molecule has 3 nitrogen and oxygen atoms in total. The van der Waals surface area contributed by atoms with Crippen molar-refractivity contribution in [2.24, 2.45) is 5.73 Å². The van der Waals surface area contributed by atoms with Crippen molar-refractivity contribution in [2.75, 3.05) is 5.32 Å². The second-order valence-electron chi connectivity index (χ2n) is 3.37. The van der Waals surface area contributed by atoms with Crippen LogP contribution in [0.1, 0.15) is 11.3 Å². The fourth-order valence-electron chi connectivity index (χ4n) is 1.35. The van der Waals surface area contributed by atoms with Gasteiger partial charge in [0.05, 0.1) is 12.8 Å². The van der Waals surface area contributed by atoms with Crippen molar-refractivity contribution in [1.29, 1.82) is 0 Å². The zero-order valence-electron chi connectivity index (χ0n) is 8.64. The maximum atomic E-state index is 5.51. The van der Waals surface area contributed by atoms with Crippen LogP contribution in [0.4, 0.5) is 5.69 Å². The third kappa shape index (κ3) is 2.61. The predicted molar refractivity (Wildman–Crippen MR) is 68.4 cm³/mol. The fraction of sp³-hybridized carbons (Fsp3) is 0.0833. The maximum absolute atomic E-state index is 5.51. The van der Waals surface area contributed by atoms with Gasteiger partial charge in [-0.25, -0.2) is 0 Å². The molecule has 2 aromatic rings. The van der Waals surface area contributed by atoms with E-state index < -0.39 is 0 Å². The van der Waals surface area contributed by atoms with E-state index in [2.05, 4.69) is 5.32 Å². The zero-order valence-corrected chi connectivity index (χ0v) is 9.46. The average Bonchev–Trinajstić information content (AvgIpc) is 2.80. The van der Waals surface area contributed by atoms with Crippen molar-refractivity contribution >= 4 is 22.9 Å². The summed E-state index contributed by atoms with van der Waals surface area (Å²) in [5, 5.41) is 3.24. The summed E-state index contributed by atoms with van der Waals surface area (Å²) in [4.78, 5) is 0.414. The minimum atomic E-state index is 0.414. The number of nitrogens with two attached hydrogens (primary N) is 1. The Morgan fingerprint density at radius 1 is 1.25 bits per heavy atom. The van der Waals surface area contributed by atoms with Gasteiger partial charge in [-0.05, 0) is 36.4 Å². The fourth-order valence-corrected chi connectivity index (χ4v) is 1.49. The van der Waals surface area contributed by atoms with Gasteiger partial charge in [0.25, 0.3) is 0 Å². The molecular formula is C12H12N2OS. The lowest BCUT2D eigenvalue weighted by atomic mass is 10.2. The lowest BCUT2D eigenvalue weighted by Crippen LogP contribution is -2.09. The van der Waals surface area contributed by atoms with Crippen LogP contribution >= 0.6 is 12.2 Å². The highest BCUT2D eigenvalue weighted by Crippen LogP contribution is 2.11. The molecule has 16 heavy (non-hydrogen) atoms. The minimum absolute atomic E-state index is 0.414. The van der Waals surface area contributed by atoms with E-state index in [1.807, 2.05) is 36.4 Å². The van der Waals surface area contributed by atoms with Crippen LogP contribution in [-0.2, 0) is 6.54 Å². The first kappa shape index (κ1) is 10.7. The lowest BCUT2D eigenvalue weighted by molar-refractivity contribution is 0.518. The van der Waals surface area contributed by atoms with Crippen LogP contribution in [0.2, 0.25) is 0 Å². The third-order valence-corrected chi connectivity index (χ3v) is 2.45. The first-order chi connectivity index (χ1) is 7.75. The van der Waals surface area contributed by atoms with Crippen molar-refractivity contribution in [1.82, 2.24) is 0 Å². The first-order valence-corrected chi connectivity index (χ1v) is 5.32. The summed E-state index contributed by atoms with van der Waals surface area (Å²) in [6, 6.07) is 11.5. The Bertz CT molecular complexity index is 462. The molecule has 0 bridgehead atoms. The topological polar surface area (TPSA) is 51.2 Å². The monoisotopic (exact) mass is 232 g/mol. The average molecular weight is 232 g/mol. The Morgan fingerprint density at radius 3 is 2.56 bits per heavy atom. The Morgan fingerprint density at radius 2 is 2.00 bits per heavy atom. The van der Waals surface area contributed by atoms with Crippen LogP contribution < -0.4 is 11.1 Å². The molecule has 0 fully saturated rings. The molecule has 0 spiro atoms. The Labute approximate surface area is 99.3 Å². The van der Waals surface area contributed by atoms with E-state index in [0.29, 0.717) is 11.5 Å². The number of rotatable bonds is 4. The van der Waals surface area contributed by atoms with Gasteiger partial charge in [-0.15, -0.1) is 0 Å². The molecule has 0 saturated carbocycles. The van der Waals surface area contributed by atoms with Gasteiger partial charge in [0, 0.05) is 11.3 Å². The van der Waals surface area contributed by atoms with E-state index in [4.69, 9.17) is 22.4 Å². The van der Waals surface area contributed by atoms with Gasteiger partial charge < -0.3 is 15.5 Å². The van der Waals surface area contributed by atoms with Crippen LogP contribution in [0, 0.1) is 0 Å². The second kappa shape index (κ2) is 4.81. The number of hydrogen-bond donors (Lipinski definition) is 2. The molecule has 0 aliphatic heterocycles. The molecule has 0 atom stereocenters. The quantitative estimate of drug-likeness (QED) is 0.795. The van der Waals surface area contributed by atoms with E-state index >= 15 is 0 Å². The highest BCUT2D eigenvalue weighted by Gasteiger charge is 1.98. The van der Waals surface area contributed by atoms with Gasteiger partial charge in [-0.2, -0.15) is 0 Å². The highest BCUT2D eigenvalue weighted by molar-refractivity contribution is 7.80. The zero-order chi connectivity index (χ0) is 11.4. The summed E-state index contributed by atoms with van der Waals surface area (Å²) >= 11 is 4.88. The smallest absolute Gasteiger partial charge is 0.122 e. The van der Waals surface area contributed by atoms with E-state index in [0.717, 1.165) is 17.0 Å². The molecule has 0 aliphatic rings. The number of anilines is 1. The first-order valence-electron chi connectivity index (χ1n) is 4.92. The van der Waals surface area contributed by atoms with Gasteiger partial charge in [0.15, 0.2) is 0 Å². The van der Waals surface area contributed by atoms with Crippen LogP contribution in [-0.4, -0.2) is 4.99 Å². The summed E-state index contributed by atoms with van der Waals surface area (Å²) in [6.45, 7) is 0.666. The molecule has 0 amide bonds. The number of hydrogen-bond acceptors (Lipinski definition) is 3. The lowest BCUT2D eigenvalue weighted by Gasteiger charge is -2.05. The molecule has 0 saturated heterocycles. The minimum Gasteiger partial charge on any atom is -0.467 e. The van der Waals surface area contributed by atoms with Crippen molar-refractivity contribution < 1.29 is 4.42 Å². The number of nitrogens with one attached hydrogen (secondary N) is 1. The molecule has 1 aromatic heterocycles. The van der Waals surface area contributed by atoms with Crippen molar-refractivity contribution in [3.63, 3.8) is 0 Å². The highest BCUT2D eigenvalue weighted by atomic mass is 32.1. The van der Waals surface area contributed by atoms with Crippen molar-refractivity contribution in [2.45, 2.75) is 6.54 Å². The summed E-state index contributed by atoms with van der Waals surface area (Å²) in [5.74, 6) is 0.901. The van der Waals surface area contributed by atoms with Gasteiger partial charge in [-0.1, -0.05) is 12.2 Å². The van der Waals surface area contributed by atoms with Crippen LogP contribution in [0.15, 0.2) is 47.1 Å². The van der Waals surface area contributed by atoms with Crippen LogP contribution in [0.25, 0.3) is 0 Å². The summed E-state index contributed by atoms with van der Waals surface area (Å²) < 4.78 is 5.21. The summed E-state index contributed by atoms with van der Waals surface area (Å²) in [5.41, 5.74) is 7.40. The maximum Gasteiger partial charge on any atom is 0.122 e. The standard InChI is InChI=1S/C12H12N2OS/c13-12(16)9-3-5-10(6-4-9)14-8-11-2-1-7-15-11/h1-7,14H,8H2,(H2,13,16). The SMILES string of the molecule is NC(=S)c1ccc(NCc2ccco2)cc1. The predicted octanol–water partition coefficient (Wildman–Crippen LogP) is 2.53. The number of thiocarbonyl (C=S) groups is 1. The van der Waals surface area contributed by atoms with Gasteiger partial charge in [0.1, 0.15) is 10.7 Å². The van der Waals surface area contributed by atoms with E-state index in [9.17, 15) is 0 Å². The molecule has 1 aromatic carbocycles. The largest absolute Gasteiger partial charge is 0.467 e. The number of benzene rings is 1. The molecular weight excluding hydrogens is 220 g/mol. The normalized spacial score (nSPS) is 10.0. The molecule has 0 radical (unpaired) electrons. The molecule has 4 heteroatoms. The molecule has 0 aliphatic carbocycles. The Balaban J connectivity index is 1.98. The molecule has 2 rings (SSSR count). The summed E-state index contributed by atoms with van der Waals surface area (Å²) in [6.07, 6.45) is 1.66. The van der Waals surface area contributed by atoms with Crippen LogP contribution in [0.3, 0.4) is 0 Å². The summed E-state index contributed by atoms with van der Waals surface area (Å²) in [7, 11) is 0. The van der Waals surface area contributed by atoms with E-state index in [1.165, 1.54) is 0 Å². The third-order valence-electron chi connectivity index (χ3n) is 2.22.